The average Bonchev–Trinajstić information content (AvgIpc) is 2.62. The Morgan fingerprint density at radius 1 is 0.900 bits per heavy atom. The zero-order chi connectivity index (χ0) is 15.8. The highest BCUT2D eigenvalue weighted by Crippen LogP contribution is 2.64. The van der Waals surface area contributed by atoms with Crippen LogP contribution in [0.2, 0.25) is 0 Å². The molecule has 0 saturated heterocycles. The summed E-state index contributed by atoms with van der Waals surface area (Å²) in [5.41, 5.74) is 0. The second-order valence-electron chi connectivity index (χ2n) is 5.86. The minimum atomic E-state index is -4.26. The number of hydrogen-bond donors (Lipinski definition) is 1. The van der Waals surface area contributed by atoms with Crippen molar-refractivity contribution in [3.05, 3.63) is 0 Å². The van der Waals surface area contributed by atoms with Crippen molar-refractivity contribution in [1.82, 2.24) is 0 Å². The molecule has 0 radical (unpaired) electrons. The summed E-state index contributed by atoms with van der Waals surface area (Å²) in [5.74, 6) is -0.891. The number of rotatable bonds is 3. The van der Waals surface area contributed by atoms with Crippen LogP contribution in [0.15, 0.2) is 0 Å². The largest absolute Gasteiger partial charge is 0.391 e. The molecule has 0 heterocycles. The van der Waals surface area contributed by atoms with Gasteiger partial charge in [-0.2, -0.15) is 0 Å². The summed E-state index contributed by atoms with van der Waals surface area (Å²) in [7, 11) is -12.6. The minimum absolute atomic E-state index is 0.132. The Hall–Kier alpha value is -0.190. The highest BCUT2D eigenvalue weighted by molar-refractivity contribution is 8.11. The number of hydrogen-bond acceptors (Lipinski definition) is 7. The van der Waals surface area contributed by atoms with E-state index in [0.29, 0.717) is 0 Å². The summed E-state index contributed by atoms with van der Waals surface area (Å²) >= 11 is 0. The van der Waals surface area contributed by atoms with E-state index in [0.717, 1.165) is 18.8 Å². The third-order valence-electron chi connectivity index (χ3n) is 4.80. The quantitative estimate of drug-likeness (QED) is 0.676. The van der Waals surface area contributed by atoms with E-state index in [9.17, 15) is 30.4 Å². The number of aliphatic hydroxyl groups is 1. The first-order valence-corrected chi connectivity index (χ1v) is 11.7. The molecule has 0 aromatic heterocycles. The van der Waals surface area contributed by atoms with Gasteiger partial charge in [0.05, 0.1) is 6.10 Å². The van der Waals surface area contributed by atoms with E-state index in [4.69, 9.17) is 0 Å². The van der Waals surface area contributed by atoms with E-state index >= 15 is 0 Å². The molecule has 2 fully saturated rings. The molecule has 10 heteroatoms. The molecule has 0 aromatic carbocycles. The van der Waals surface area contributed by atoms with E-state index in [1.165, 1.54) is 0 Å². The molecule has 0 aromatic rings. The predicted molar refractivity (Wildman–Crippen MR) is 73.3 cm³/mol. The van der Waals surface area contributed by atoms with Gasteiger partial charge in [-0.25, -0.2) is 25.3 Å². The molecule has 2 aliphatic carbocycles. The zero-order valence-corrected chi connectivity index (χ0v) is 13.8. The Morgan fingerprint density at radius 2 is 1.35 bits per heavy atom. The van der Waals surface area contributed by atoms with Gasteiger partial charge in [0.15, 0.2) is 33.6 Å². The van der Waals surface area contributed by atoms with Crippen molar-refractivity contribution in [2.45, 2.75) is 34.2 Å². The summed E-state index contributed by atoms with van der Waals surface area (Å²) in [6.45, 7) is 0. The molecule has 7 nitrogen and oxygen atoms in total. The van der Waals surface area contributed by atoms with Crippen LogP contribution in [0.25, 0.3) is 0 Å². The molecule has 0 aliphatic heterocycles. The monoisotopic (exact) mass is 346 g/mol. The third-order valence-corrected chi connectivity index (χ3v) is 12.6. The maximum atomic E-state index is 12.3. The molecule has 2 rings (SSSR count). The fourth-order valence-corrected chi connectivity index (χ4v) is 13.6. The maximum absolute atomic E-state index is 12.3. The molecule has 20 heavy (non-hydrogen) atoms. The molecule has 2 aliphatic rings. The SMILES string of the molecule is CS(=O)(=O)C1(S(C)(=O)=O)[C@H]2CC[C@]1(S(C)(=O)=O)[C@@H](O)C2. The maximum Gasteiger partial charge on any atom is 0.197 e. The Labute approximate surface area is 119 Å². The van der Waals surface area contributed by atoms with Crippen molar-refractivity contribution in [1.29, 1.82) is 0 Å². The first kappa shape index (κ1) is 16.2. The topological polar surface area (TPSA) is 123 Å². The van der Waals surface area contributed by atoms with Crippen LogP contribution in [0, 0.1) is 5.92 Å². The molecule has 0 amide bonds. The van der Waals surface area contributed by atoms with Gasteiger partial charge in [-0.1, -0.05) is 0 Å². The van der Waals surface area contributed by atoms with Crippen molar-refractivity contribution in [2.24, 2.45) is 5.92 Å². The van der Waals surface area contributed by atoms with Crippen LogP contribution in [-0.4, -0.2) is 64.1 Å². The second kappa shape index (κ2) is 3.96. The van der Waals surface area contributed by atoms with Crippen LogP contribution in [0.1, 0.15) is 19.3 Å². The standard InChI is InChI=1S/C10H18O7S3/c1-18(12,13)9-5-4-7(6-8(9)11)10(9,19(2,14)15)20(3,16)17/h7-8,11H,4-6H2,1-3H3/t7-,8-,9-/m0/s1. The van der Waals surface area contributed by atoms with Crippen LogP contribution in [0.5, 0.6) is 0 Å². The molecule has 2 saturated carbocycles. The predicted octanol–water partition coefficient (Wildman–Crippen LogP) is -1.27. The van der Waals surface area contributed by atoms with E-state index in [1.807, 2.05) is 0 Å². The Morgan fingerprint density at radius 3 is 1.60 bits per heavy atom. The molecule has 0 spiro atoms. The van der Waals surface area contributed by atoms with Crippen LogP contribution in [0.4, 0.5) is 0 Å². The molecule has 2 bridgehead atoms. The smallest absolute Gasteiger partial charge is 0.197 e. The molecule has 0 unspecified atom stereocenters. The first-order chi connectivity index (χ1) is 8.73. The van der Waals surface area contributed by atoms with Crippen molar-refractivity contribution in [3.63, 3.8) is 0 Å². The number of fused-ring (bicyclic) bond motifs is 2. The summed E-state index contributed by atoms with van der Waals surface area (Å²) in [6.07, 6.45) is 0.666. The second-order valence-corrected chi connectivity index (χ2v) is 12.8. The molecule has 1 N–H and O–H groups in total. The number of sulfone groups is 3. The van der Waals surface area contributed by atoms with Gasteiger partial charge in [0.1, 0.15) is 4.75 Å². The van der Waals surface area contributed by atoms with Crippen molar-refractivity contribution >= 4 is 29.5 Å². The Kier molecular flexibility index (Phi) is 3.21. The van der Waals surface area contributed by atoms with Crippen LogP contribution < -0.4 is 0 Å². The van der Waals surface area contributed by atoms with Gasteiger partial charge in [0.2, 0.25) is 0 Å². The van der Waals surface area contributed by atoms with Crippen molar-refractivity contribution in [3.8, 4) is 0 Å². The van der Waals surface area contributed by atoms with Gasteiger partial charge in [0, 0.05) is 18.8 Å². The minimum Gasteiger partial charge on any atom is -0.391 e. The van der Waals surface area contributed by atoms with Gasteiger partial charge in [-0.05, 0) is 25.2 Å². The number of aliphatic hydroxyl groups excluding tert-OH is 1. The van der Waals surface area contributed by atoms with Gasteiger partial charge in [-0.15, -0.1) is 0 Å². The van der Waals surface area contributed by atoms with Crippen LogP contribution in [-0.2, 0) is 29.5 Å². The molecular formula is C10H18O7S3. The summed E-state index contributed by atoms with van der Waals surface area (Å²) in [5, 5.41) is 10.2. The van der Waals surface area contributed by atoms with Gasteiger partial charge in [-0.3, -0.25) is 0 Å². The van der Waals surface area contributed by atoms with Crippen LogP contribution in [0.3, 0.4) is 0 Å². The fraction of sp³-hybridized carbons (Fsp3) is 1.00. The van der Waals surface area contributed by atoms with E-state index < -0.39 is 50.4 Å². The fourth-order valence-electron chi connectivity index (χ4n) is 4.43. The Balaban J connectivity index is 3.04. The van der Waals surface area contributed by atoms with Gasteiger partial charge < -0.3 is 5.11 Å². The third kappa shape index (κ3) is 1.51. The summed E-state index contributed by atoms with van der Waals surface area (Å²) < 4.78 is 69.1. The lowest BCUT2D eigenvalue weighted by atomic mass is 9.97. The van der Waals surface area contributed by atoms with E-state index in [2.05, 4.69) is 0 Å². The van der Waals surface area contributed by atoms with Crippen molar-refractivity contribution in [2.75, 3.05) is 18.8 Å². The lowest BCUT2D eigenvalue weighted by molar-refractivity contribution is 0.124. The lowest BCUT2D eigenvalue weighted by Gasteiger charge is -2.40. The normalized spacial score (nSPS) is 37.2. The zero-order valence-electron chi connectivity index (χ0n) is 11.4. The average molecular weight is 346 g/mol. The highest BCUT2D eigenvalue weighted by Gasteiger charge is 2.82. The Bertz CT molecular complexity index is 715. The lowest BCUT2D eigenvalue weighted by Crippen LogP contribution is -2.65. The first-order valence-electron chi connectivity index (χ1n) is 6.00. The summed E-state index contributed by atoms with van der Waals surface area (Å²) in [4.78, 5) is 0. The van der Waals surface area contributed by atoms with Crippen molar-refractivity contribution < 1.29 is 30.4 Å². The van der Waals surface area contributed by atoms with E-state index in [1.54, 1.807) is 0 Å². The summed E-state index contributed by atoms with van der Waals surface area (Å²) in [6, 6.07) is 0. The molecular weight excluding hydrogens is 328 g/mol. The van der Waals surface area contributed by atoms with Gasteiger partial charge >= 0.3 is 0 Å². The molecule has 3 atom stereocenters. The molecule has 118 valence electrons. The van der Waals surface area contributed by atoms with Gasteiger partial charge in [0.25, 0.3) is 0 Å². The van der Waals surface area contributed by atoms with E-state index in [-0.39, 0.29) is 19.3 Å². The van der Waals surface area contributed by atoms with Crippen LogP contribution >= 0.6 is 0 Å². The highest BCUT2D eigenvalue weighted by atomic mass is 32.3.